The summed E-state index contributed by atoms with van der Waals surface area (Å²) in [7, 11) is 2.88. The number of methoxy groups -OCH3 is 2. The number of amides is 2. The van der Waals surface area contributed by atoms with Crippen LogP contribution in [-0.4, -0.2) is 102 Å². The van der Waals surface area contributed by atoms with Crippen LogP contribution in [-0.2, 0) is 33.4 Å². The van der Waals surface area contributed by atoms with E-state index in [-0.39, 0.29) is 48.9 Å². The van der Waals surface area contributed by atoms with Crippen molar-refractivity contribution in [3.8, 4) is 22.9 Å². The zero-order valence-electron chi connectivity index (χ0n) is 35.2. The molecule has 3 aromatic rings. The van der Waals surface area contributed by atoms with Crippen molar-refractivity contribution in [1.29, 1.82) is 0 Å². The minimum atomic E-state index is -1.18. The van der Waals surface area contributed by atoms with Crippen LogP contribution < -0.4 is 20.1 Å². The first-order chi connectivity index (χ1) is 28.7. The number of nitrogens with one attached hydrogen (secondary N) is 2. The molecule has 5 fully saturated rings. The second-order valence-corrected chi connectivity index (χ2v) is 18.7. The Bertz CT molecular complexity index is 2120. The molecule has 15 nitrogen and oxygen atoms in total. The van der Waals surface area contributed by atoms with Gasteiger partial charge < -0.3 is 43.6 Å². The van der Waals surface area contributed by atoms with Gasteiger partial charge in [0, 0.05) is 31.0 Å². The van der Waals surface area contributed by atoms with Crippen molar-refractivity contribution in [2.75, 3.05) is 39.3 Å². The largest absolute Gasteiger partial charge is 0.490 e. The molecule has 5 aliphatic rings. The fourth-order valence-corrected chi connectivity index (χ4v) is 9.34. The first-order valence-electron chi connectivity index (χ1n) is 21.3. The van der Waals surface area contributed by atoms with Crippen molar-refractivity contribution < 1.29 is 47.3 Å². The summed E-state index contributed by atoms with van der Waals surface area (Å²) in [6.07, 6.45) is 6.76. The molecule has 1 aromatic carbocycles. The first kappa shape index (κ1) is 42.1. The van der Waals surface area contributed by atoms with Gasteiger partial charge >= 0.3 is 11.9 Å². The Morgan fingerprint density at radius 3 is 2.43 bits per heavy atom. The van der Waals surface area contributed by atoms with Crippen LogP contribution in [0.2, 0.25) is 5.02 Å². The number of benzene rings is 1. The molecule has 1 aliphatic heterocycles. The monoisotopic (exact) mass is 849 g/mol. The minimum absolute atomic E-state index is 0.0253. The predicted molar refractivity (Wildman–Crippen MR) is 220 cm³/mol. The van der Waals surface area contributed by atoms with E-state index in [0.29, 0.717) is 77.1 Å². The van der Waals surface area contributed by atoms with Gasteiger partial charge in [0.05, 0.1) is 43.8 Å². The van der Waals surface area contributed by atoms with Gasteiger partial charge in [0.25, 0.3) is 6.01 Å². The Kier molecular flexibility index (Phi) is 11.7. The molecule has 324 valence electrons. The summed E-state index contributed by atoms with van der Waals surface area (Å²) in [5.41, 5.74) is -0.573. The molecular formula is C44H56ClN5O10. The molecule has 3 heterocycles. The molecular weight excluding hydrogens is 794 g/mol. The quantitative estimate of drug-likeness (QED) is 0.114. The molecule has 8 atom stereocenters. The molecule has 2 N–H and O–H groups in total. The van der Waals surface area contributed by atoms with E-state index in [1.54, 1.807) is 25.3 Å². The Labute approximate surface area is 354 Å². The van der Waals surface area contributed by atoms with Crippen LogP contribution in [0.15, 0.2) is 28.9 Å². The van der Waals surface area contributed by atoms with Gasteiger partial charge in [-0.2, -0.15) is 4.98 Å². The molecule has 2 aromatic heterocycles. The summed E-state index contributed by atoms with van der Waals surface area (Å²) in [5.74, 6) is -0.633. The molecule has 1 unspecified atom stereocenters. The molecule has 2 amide bonds. The first-order valence-corrected chi connectivity index (χ1v) is 21.6. The number of anilines is 1. The number of aromatic nitrogens is 2. The predicted octanol–water partition coefficient (Wildman–Crippen LogP) is 6.34. The molecule has 4 saturated carbocycles. The number of nitrogens with zero attached hydrogens (tertiary/aromatic N) is 3. The van der Waals surface area contributed by atoms with Crippen LogP contribution in [0.3, 0.4) is 0 Å². The van der Waals surface area contributed by atoms with Gasteiger partial charge in [-0.3, -0.25) is 14.4 Å². The van der Waals surface area contributed by atoms with Gasteiger partial charge in [-0.1, -0.05) is 45.7 Å². The van der Waals surface area contributed by atoms with Crippen molar-refractivity contribution in [3.05, 3.63) is 29.5 Å². The van der Waals surface area contributed by atoms with E-state index in [9.17, 15) is 19.2 Å². The van der Waals surface area contributed by atoms with E-state index in [2.05, 4.69) is 15.6 Å². The number of carbonyl (C=O) groups excluding carboxylic acids is 4. The van der Waals surface area contributed by atoms with Gasteiger partial charge in [-0.15, -0.1) is 0 Å². The third kappa shape index (κ3) is 8.75. The maximum Gasteiger partial charge on any atom is 0.331 e. The maximum atomic E-state index is 14.9. The van der Waals surface area contributed by atoms with Crippen LogP contribution in [0.4, 0.5) is 6.01 Å². The van der Waals surface area contributed by atoms with Gasteiger partial charge in [-0.25, -0.2) is 9.78 Å². The van der Waals surface area contributed by atoms with E-state index in [4.69, 9.17) is 44.7 Å². The fourth-order valence-electron chi connectivity index (χ4n) is 9.08. The normalized spacial score (nSPS) is 27.2. The van der Waals surface area contributed by atoms with Crippen LogP contribution in [0.5, 0.6) is 11.5 Å². The number of fused-ring (bicyclic) bond motifs is 2. The van der Waals surface area contributed by atoms with Crippen molar-refractivity contribution in [3.63, 3.8) is 0 Å². The average molecular weight is 850 g/mol. The number of ether oxygens (including phenoxy) is 5. The van der Waals surface area contributed by atoms with Gasteiger partial charge in [-0.05, 0) is 73.8 Å². The summed E-state index contributed by atoms with van der Waals surface area (Å²) in [6.45, 7) is 8.33. The highest BCUT2D eigenvalue weighted by atomic mass is 35.5. The second kappa shape index (κ2) is 16.7. The number of esters is 2. The van der Waals surface area contributed by atoms with E-state index in [0.717, 1.165) is 25.7 Å². The number of halogens is 1. The van der Waals surface area contributed by atoms with Gasteiger partial charge in [0.1, 0.15) is 58.9 Å². The average Bonchev–Trinajstić information content (AvgIpc) is 4.16. The van der Waals surface area contributed by atoms with E-state index < -0.39 is 46.9 Å². The lowest BCUT2D eigenvalue weighted by molar-refractivity contribution is -0.157. The number of carbonyl (C=O) groups is 4. The smallest absolute Gasteiger partial charge is 0.331 e. The van der Waals surface area contributed by atoms with Crippen molar-refractivity contribution in [1.82, 2.24) is 20.2 Å². The summed E-state index contributed by atoms with van der Waals surface area (Å²) >= 11 is 6.97. The second-order valence-electron chi connectivity index (χ2n) is 18.3. The molecule has 4 aliphatic carbocycles. The Hall–Kier alpha value is -4.63. The highest BCUT2D eigenvalue weighted by Gasteiger charge is 2.62. The molecule has 16 heteroatoms. The summed E-state index contributed by atoms with van der Waals surface area (Å²) in [6, 6.07) is 4.95. The minimum Gasteiger partial charge on any atom is -0.490 e. The number of likely N-dealkylation sites (tertiary alicyclic amines) is 1. The highest BCUT2D eigenvalue weighted by molar-refractivity contribution is 6.36. The SMILES string of the molecule is CC[C@@H]1C[C@]1(NC(=O)[C@@H]1C[C@@H](Oc2cc(-c3coc(NC4CC4)n3)nc3c(Cl)c(OCCOC)ccc23)CN1C(=O)[C@@H](CC(=O)OC1C[C@@H]2C[C@@H]2C1)C(C)(C)C)C(=O)OC. The van der Waals surface area contributed by atoms with E-state index >= 15 is 0 Å². The molecule has 0 spiro atoms. The standard InChI is InChI=1S/C44H56ClN5O10/c1-7-25-20-44(25,41(54)56-6)49-39(52)33-17-28(21-50(33)40(53)30(43(2,3)4)18-36(51)60-27-15-23-14-24(23)16-27)59-35-19-31(32-22-58-42(48-32)46-26-8-9-26)47-38-29(35)10-11-34(37(38)45)57-13-12-55-5/h10-11,19,22-28,30,33H,7-9,12-18,20-21H2,1-6H3,(H,46,48)(H,49,52)/t23-,24+,25-,27?,28-,30-,33+,44-/m1/s1. The van der Waals surface area contributed by atoms with Crippen LogP contribution in [0.25, 0.3) is 22.3 Å². The molecule has 1 saturated heterocycles. The van der Waals surface area contributed by atoms with Gasteiger partial charge in [0.2, 0.25) is 11.8 Å². The number of pyridine rings is 1. The van der Waals surface area contributed by atoms with Crippen molar-refractivity contribution >= 4 is 52.3 Å². The summed E-state index contributed by atoms with van der Waals surface area (Å²) in [5, 5.41) is 7.08. The zero-order chi connectivity index (χ0) is 42.5. The zero-order valence-corrected chi connectivity index (χ0v) is 36.0. The van der Waals surface area contributed by atoms with Crippen LogP contribution in [0, 0.1) is 29.1 Å². The molecule has 0 bridgehead atoms. The molecule has 60 heavy (non-hydrogen) atoms. The number of rotatable bonds is 17. The fraction of sp³-hybridized carbons (Fsp3) is 0.636. The number of oxazole rings is 1. The third-order valence-electron chi connectivity index (χ3n) is 12.9. The summed E-state index contributed by atoms with van der Waals surface area (Å²) in [4.78, 5) is 66.9. The van der Waals surface area contributed by atoms with Crippen molar-refractivity contribution in [2.45, 2.75) is 115 Å². The highest BCUT2D eigenvalue weighted by Crippen LogP contribution is 2.53. The van der Waals surface area contributed by atoms with Gasteiger partial charge in [0.15, 0.2) is 0 Å². The Morgan fingerprint density at radius 2 is 1.77 bits per heavy atom. The van der Waals surface area contributed by atoms with Crippen LogP contribution >= 0.6 is 11.6 Å². The Morgan fingerprint density at radius 1 is 1.00 bits per heavy atom. The third-order valence-corrected chi connectivity index (χ3v) is 13.3. The number of hydrogen-bond donors (Lipinski definition) is 2. The van der Waals surface area contributed by atoms with Crippen molar-refractivity contribution in [2.24, 2.45) is 29.1 Å². The van der Waals surface area contributed by atoms with E-state index in [1.807, 2.05) is 27.7 Å². The molecule has 0 radical (unpaired) electrons. The maximum absolute atomic E-state index is 14.9. The Balaban J connectivity index is 1.10. The molecule has 8 rings (SSSR count). The summed E-state index contributed by atoms with van der Waals surface area (Å²) < 4.78 is 34.6. The topological polar surface area (TPSA) is 181 Å². The van der Waals surface area contributed by atoms with Crippen LogP contribution in [0.1, 0.15) is 85.5 Å². The lowest BCUT2D eigenvalue weighted by Gasteiger charge is -2.35. The van der Waals surface area contributed by atoms with E-state index in [1.165, 1.54) is 24.7 Å². The number of hydrogen-bond acceptors (Lipinski definition) is 13. The lowest BCUT2D eigenvalue weighted by Crippen LogP contribution is -2.55. The lowest BCUT2D eigenvalue weighted by atomic mass is 9.77.